The molecule has 0 bridgehead atoms. The number of ether oxygens (including phenoxy) is 3. The molecule has 1 aliphatic heterocycles. The van der Waals surface area contributed by atoms with Crippen LogP contribution in [0.4, 0.5) is 0 Å². The molecule has 0 aromatic heterocycles. The molecule has 1 fully saturated rings. The molecule has 0 N–H and O–H groups in total. The Morgan fingerprint density at radius 1 is 1.17 bits per heavy atom. The Morgan fingerprint density at radius 3 is 2.57 bits per heavy atom. The first kappa shape index (κ1) is 19.7. The van der Waals surface area contributed by atoms with Crippen LogP contribution in [-0.4, -0.2) is 56.6 Å². The Labute approximate surface area is 144 Å². The van der Waals surface area contributed by atoms with Crippen LogP contribution in [0.25, 0.3) is 0 Å². The van der Waals surface area contributed by atoms with Crippen LogP contribution in [0.15, 0.2) is 24.3 Å². The topological polar surface area (TPSA) is 54.7 Å². The summed E-state index contributed by atoms with van der Waals surface area (Å²) in [5, 5.41) is 8.97. The number of rotatable bonds is 7. The van der Waals surface area contributed by atoms with Crippen LogP contribution in [-0.2, 0) is 9.47 Å². The summed E-state index contributed by atoms with van der Waals surface area (Å²) in [5.74, 6) is 0.615. The number of hydrogen-bond donors (Lipinski definition) is 0. The Kier molecular flexibility index (Phi) is 8.97. The normalized spacial score (nSPS) is 21.3. The minimum atomic E-state index is 0. The van der Waals surface area contributed by atoms with E-state index < -0.39 is 0 Å². The highest BCUT2D eigenvalue weighted by Crippen LogP contribution is 2.16. The lowest BCUT2D eigenvalue weighted by Gasteiger charge is -2.35. The van der Waals surface area contributed by atoms with Crippen LogP contribution in [0.2, 0.25) is 0 Å². The summed E-state index contributed by atoms with van der Waals surface area (Å²) in [7, 11) is 0. The smallest absolute Gasteiger partial charge is 0.137 e. The second-order valence-corrected chi connectivity index (χ2v) is 5.59. The van der Waals surface area contributed by atoms with Crippen molar-refractivity contribution >= 4 is 12.4 Å². The number of halogens is 1. The molecule has 2 atom stereocenters. The van der Waals surface area contributed by atoms with Gasteiger partial charge in [0, 0.05) is 19.6 Å². The third-order valence-corrected chi connectivity index (χ3v) is 3.54. The Bertz CT molecular complexity index is 497. The molecule has 1 aliphatic rings. The third-order valence-electron chi connectivity index (χ3n) is 3.54. The van der Waals surface area contributed by atoms with Crippen LogP contribution in [0.1, 0.15) is 19.4 Å². The molecule has 1 saturated heterocycles. The van der Waals surface area contributed by atoms with Gasteiger partial charge in [0.15, 0.2) is 0 Å². The summed E-state index contributed by atoms with van der Waals surface area (Å²) in [6, 6.07) is 9.35. The van der Waals surface area contributed by atoms with Crippen LogP contribution in [0.5, 0.6) is 5.75 Å². The van der Waals surface area contributed by atoms with Crippen LogP contribution >= 0.6 is 12.4 Å². The summed E-state index contributed by atoms with van der Waals surface area (Å²) in [6.45, 7) is 8.69. The van der Waals surface area contributed by atoms with Crippen molar-refractivity contribution in [3.8, 4) is 11.8 Å². The monoisotopic (exact) mass is 340 g/mol. The van der Waals surface area contributed by atoms with Gasteiger partial charge in [-0.05, 0) is 26.0 Å². The number of benzene rings is 1. The molecular weight excluding hydrogens is 316 g/mol. The fourth-order valence-electron chi connectivity index (χ4n) is 2.66. The van der Waals surface area contributed by atoms with Gasteiger partial charge in [0.05, 0.1) is 31.0 Å². The average molecular weight is 341 g/mol. The van der Waals surface area contributed by atoms with E-state index >= 15 is 0 Å². The number of morpholine rings is 1. The summed E-state index contributed by atoms with van der Waals surface area (Å²) in [6.07, 6.45) is 0.573. The van der Waals surface area contributed by atoms with Gasteiger partial charge in [-0.25, -0.2) is 0 Å². The molecule has 0 spiro atoms. The molecule has 2 unspecified atom stereocenters. The lowest BCUT2D eigenvalue weighted by molar-refractivity contribution is -0.0734. The zero-order valence-electron chi connectivity index (χ0n) is 13.7. The van der Waals surface area contributed by atoms with Gasteiger partial charge in [0.1, 0.15) is 18.4 Å². The van der Waals surface area contributed by atoms with E-state index in [0.29, 0.717) is 31.1 Å². The van der Waals surface area contributed by atoms with Crippen molar-refractivity contribution in [3.63, 3.8) is 0 Å². The summed E-state index contributed by atoms with van der Waals surface area (Å²) >= 11 is 0. The molecule has 0 aliphatic carbocycles. The van der Waals surface area contributed by atoms with E-state index in [1.807, 2.05) is 12.1 Å². The molecule has 1 aromatic carbocycles. The lowest BCUT2D eigenvalue weighted by Crippen LogP contribution is -2.46. The molecule has 0 amide bonds. The number of hydrogen-bond acceptors (Lipinski definition) is 5. The van der Waals surface area contributed by atoms with E-state index in [0.717, 1.165) is 19.6 Å². The Morgan fingerprint density at radius 2 is 1.87 bits per heavy atom. The van der Waals surface area contributed by atoms with Gasteiger partial charge in [0.25, 0.3) is 0 Å². The Balaban J connectivity index is 0.00000264. The molecule has 5 nitrogen and oxygen atoms in total. The molecule has 1 aromatic rings. The maximum absolute atomic E-state index is 8.97. The quantitative estimate of drug-likeness (QED) is 0.714. The van der Waals surface area contributed by atoms with Crippen LogP contribution < -0.4 is 4.74 Å². The SMILES string of the molecule is CC1CN(CCOCCOc2ccccc2C#N)CC(C)O1.Cl. The van der Waals surface area contributed by atoms with Crippen LogP contribution in [0, 0.1) is 11.3 Å². The first-order chi connectivity index (χ1) is 10.7. The molecule has 6 heteroatoms. The van der Waals surface area contributed by atoms with Gasteiger partial charge in [-0.2, -0.15) is 5.26 Å². The minimum Gasteiger partial charge on any atom is -0.490 e. The van der Waals surface area contributed by atoms with Gasteiger partial charge in [-0.1, -0.05) is 12.1 Å². The highest BCUT2D eigenvalue weighted by atomic mass is 35.5. The molecule has 0 radical (unpaired) electrons. The van der Waals surface area contributed by atoms with E-state index in [-0.39, 0.29) is 24.6 Å². The van der Waals surface area contributed by atoms with Crippen molar-refractivity contribution < 1.29 is 14.2 Å². The molecule has 1 heterocycles. The maximum atomic E-state index is 8.97. The van der Waals surface area contributed by atoms with Gasteiger partial charge in [-0.3, -0.25) is 4.90 Å². The van der Waals surface area contributed by atoms with E-state index in [1.165, 1.54) is 0 Å². The van der Waals surface area contributed by atoms with Crippen molar-refractivity contribution in [3.05, 3.63) is 29.8 Å². The number of nitrogens with zero attached hydrogens (tertiary/aromatic N) is 2. The zero-order valence-corrected chi connectivity index (χ0v) is 14.6. The van der Waals surface area contributed by atoms with Gasteiger partial charge in [0.2, 0.25) is 0 Å². The van der Waals surface area contributed by atoms with E-state index in [9.17, 15) is 0 Å². The predicted molar refractivity (Wildman–Crippen MR) is 91.2 cm³/mol. The van der Waals surface area contributed by atoms with Gasteiger partial charge >= 0.3 is 0 Å². The standard InChI is InChI=1S/C17H24N2O3.ClH/c1-14-12-19(13-15(2)22-14)7-8-20-9-10-21-17-6-4-3-5-16(17)11-18;/h3-6,14-15H,7-10,12-13H2,1-2H3;1H. The molecule has 23 heavy (non-hydrogen) atoms. The second kappa shape index (κ2) is 10.5. The van der Waals surface area contributed by atoms with Crippen molar-refractivity contribution in [2.45, 2.75) is 26.1 Å². The van der Waals surface area contributed by atoms with Crippen molar-refractivity contribution in [1.82, 2.24) is 4.90 Å². The fourth-order valence-corrected chi connectivity index (χ4v) is 2.66. The van der Waals surface area contributed by atoms with Crippen molar-refractivity contribution in [2.75, 3.05) is 39.5 Å². The molecular formula is C17H25ClN2O3. The zero-order chi connectivity index (χ0) is 15.8. The first-order valence-corrected chi connectivity index (χ1v) is 7.76. The lowest BCUT2D eigenvalue weighted by atomic mass is 10.2. The van der Waals surface area contributed by atoms with Crippen LogP contribution in [0.3, 0.4) is 0 Å². The van der Waals surface area contributed by atoms with Crippen molar-refractivity contribution in [1.29, 1.82) is 5.26 Å². The number of nitriles is 1. The summed E-state index contributed by atoms with van der Waals surface area (Å²) < 4.78 is 16.9. The molecule has 0 saturated carbocycles. The third kappa shape index (κ3) is 6.76. The average Bonchev–Trinajstić information content (AvgIpc) is 2.50. The highest BCUT2D eigenvalue weighted by Gasteiger charge is 2.21. The number of para-hydroxylation sites is 1. The van der Waals surface area contributed by atoms with Gasteiger partial charge in [-0.15, -0.1) is 12.4 Å². The Hall–Kier alpha value is -1.32. The first-order valence-electron chi connectivity index (χ1n) is 7.76. The van der Waals surface area contributed by atoms with E-state index in [2.05, 4.69) is 24.8 Å². The largest absolute Gasteiger partial charge is 0.490 e. The van der Waals surface area contributed by atoms with Crippen molar-refractivity contribution in [2.24, 2.45) is 0 Å². The second-order valence-electron chi connectivity index (χ2n) is 5.59. The van der Waals surface area contributed by atoms with E-state index in [4.69, 9.17) is 19.5 Å². The predicted octanol–water partition coefficient (Wildman–Crippen LogP) is 2.48. The molecule has 128 valence electrons. The van der Waals surface area contributed by atoms with Gasteiger partial charge < -0.3 is 14.2 Å². The van der Waals surface area contributed by atoms with E-state index in [1.54, 1.807) is 12.1 Å². The minimum absolute atomic E-state index is 0. The molecule has 2 rings (SSSR count). The fraction of sp³-hybridized carbons (Fsp3) is 0.588. The summed E-state index contributed by atoms with van der Waals surface area (Å²) in [4.78, 5) is 2.37. The summed E-state index contributed by atoms with van der Waals surface area (Å²) in [5.41, 5.74) is 0.554. The highest BCUT2D eigenvalue weighted by molar-refractivity contribution is 5.85. The maximum Gasteiger partial charge on any atom is 0.137 e.